The number of hydrogen-bond acceptors (Lipinski definition) is 5. The van der Waals surface area contributed by atoms with E-state index in [-0.39, 0.29) is 11.3 Å². The molecule has 0 bridgehead atoms. The minimum atomic E-state index is -1.10. The predicted octanol–water partition coefficient (Wildman–Crippen LogP) is 2.58. The number of aryl methyl sites for hydroxylation is 1. The van der Waals surface area contributed by atoms with E-state index in [1.54, 1.807) is 25.1 Å². The fourth-order valence-corrected chi connectivity index (χ4v) is 2.81. The molecule has 0 saturated heterocycles. The lowest BCUT2D eigenvalue weighted by atomic mass is 10.2. The molecule has 0 atom stereocenters. The molecule has 0 aromatic carbocycles. The molecule has 2 aromatic rings. The van der Waals surface area contributed by atoms with Crippen molar-refractivity contribution in [1.82, 2.24) is 9.36 Å². The number of aromatic carboxylic acids is 1. The quantitative estimate of drug-likeness (QED) is 0.855. The van der Waals surface area contributed by atoms with E-state index in [9.17, 15) is 14.7 Å². The van der Waals surface area contributed by atoms with Gasteiger partial charge >= 0.3 is 5.97 Å². The van der Waals surface area contributed by atoms with Gasteiger partial charge in [0.2, 0.25) is 0 Å². The van der Waals surface area contributed by atoms with Gasteiger partial charge in [-0.25, -0.2) is 9.78 Å². The molecular formula is C12H10BrN3O3S. The summed E-state index contributed by atoms with van der Waals surface area (Å²) in [5.74, 6) is -1.49. The number of carbonyl (C=O) groups is 2. The smallest absolute Gasteiger partial charge is 0.340 e. The van der Waals surface area contributed by atoms with E-state index < -0.39 is 11.9 Å². The number of amides is 1. The van der Waals surface area contributed by atoms with Crippen molar-refractivity contribution in [2.45, 2.75) is 6.92 Å². The summed E-state index contributed by atoms with van der Waals surface area (Å²) < 4.78 is 4.53. The third kappa shape index (κ3) is 2.70. The second-order valence-corrected chi connectivity index (χ2v) is 5.53. The van der Waals surface area contributed by atoms with Gasteiger partial charge in [-0.05, 0) is 46.5 Å². The molecular weight excluding hydrogens is 346 g/mol. The van der Waals surface area contributed by atoms with Gasteiger partial charge in [0.15, 0.2) is 0 Å². The predicted molar refractivity (Wildman–Crippen MR) is 78.5 cm³/mol. The zero-order valence-electron chi connectivity index (χ0n) is 10.6. The Balaban J connectivity index is 2.39. The average molecular weight is 356 g/mol. The van der Waals surface area contributed by atoms with Gasteiger partial charge in [0.25, 0.3) is 5.91 Å². The molecule has 0 spiro atoms. The highest BCUT2D eigenvalue weighted by atomic mass is 79.9. The lowest BCUT2D eigenvalue weighted by Gasteiger charge is -2.15. The normalized spacial score (nSPS) is 10.3. The zero-order valence-corrected chi connectivity index (χ0v) is 13.0. The first-order valence-electron chi connectivity index (χ1n) is 5.52. The molecule has 0 aliphatic carbocycles. The molecule has 0 fully saturated rings. The minimum absolute atomic E-state index is 0.0425. The summed E-state index contributed by atoms with van der Waals surface area (Å²) in [4.78, 5) is 28.9. The molecule has 2 aromatic heterocycles. The van der Waals surface area contributed by atoms with Crippen molar-refractivity contribution < 1.29 is 14.7 Å². The summed E-state index contributed by atoms with van der Waals surface area (Å²) in [5.41, 5.74) is 0.657. The van der Waals surface area contributed by atoms with Crippen LogP contribution in [0.1, 0.15) is 26.5 Å². The number of nitrogens with zero attached hydrogens (tertiary/aromatic N) is 3. The third-order valence-electron chi connectivity index (χ3n) is 2.60. The van der Waals surface area contributed by atoms with Gasteiger partial charge in [0.05, 0.1) is 5.69 Å². The molecule has 2 rings (SSSR count). The van der Waals surface area contributed by atoms with Crippen molar-refractivity contribution in [2.24, 2.45) is 0 Å². The van der Waals surface area contributed by atoms with E-state index >= 15 is 0 Å². The number of aromatic nitrogens is 2. The minimum Gasteiger partial charge on any atom is -0.478 e. The maximum Gasteiger partial charge on any atom is 0.340 e. The second-order valence-electron chi connectivity index (χ2n) is 3.96. The molecule has 0 unspecified atom stereocenters. The van der Waals surface area contributed by atoms with Crippen LogP contribution in [0.4, 0.5) is 5.00 Å². The van der Waals surface area contributed by atoms with Crippen molar-refractivity contribution in [3.63, 3.8) is 0 Å². The number of carboxylic acid groups (broad SMARTS) is 1. The molecule has 20 heavy (non-hydrogen) atoms. The number of rotatable bonds is 3. The maximum absolute atomic E-state index is 12.3. The van der Waals surface area contributed by atoms with Gasteiger partial charge in [-0.2, -0.15) is 4.37 Å². The van der Waals surface area contributed by atoms with E-state index in [1.807, 2.05) is 0 Å². The number of carbonyl (C=O) groups excluding carboxylic acids is 1. The fraction of sp³-hybridized carbons (Fsp3) is 0.167. The molecule has 1 N–H and O–H groups in total. The highest BCUT2D eigenvalue weighted by Gasteiger charge is 2.25. The van der Waals surface area contributed by atoms with Crippen LogP contribution in [0.25, 0.3) is 0 Å². The van der Waals surface area contributed by atoms with E-state index in [2.05, 4.69) is 25.3 Å². The SMILES string of the molecule is Cc1nsc(N(C)C(=O)c2cccc(Br)n2)c1C(=O)O. The number of carboxylic acids is 1. The van der Waals surface area contributed by atoms with Crippen molar-refractivity contribution >= 4 is 44.3 Å². The van der Waals surface area contributed by atoms with E-state index in [1.165, 1.54) is 11.9 Å². The lowest BCUT2D eigenvalue weighted by Crippen LogP contribution is -2.27. The van der Waals surface area contributed by atoms with Gasteiger partial charge in [-0.3, -0.25) is 9.69 Å². The summed E-state index contributed by atoms with van der Waals surface area (Å²) in [6.45, 7) is 1.60. The van der Waals surface area contributed by atoms with Crippen LogP contribution < -0.4 is 4.90 Å². The standard InChI is InChI=1S/C12H10BrN3O3S/c1-6-9(12(18)19)11(20-15-6)16(2)10(17)7-4-3-5-8(13)14-7/h3-5H,1-2H3,(H,18,19). The topological polar surface area (TPSA) is 83.4 Å². The molecule has 0 aliphatic rings. The molecule has 0 aliphatic heterocycles. The van der Waals surface area contributed by atoms with Crippen LogP contribution in [-0.2, 0) is 0 Å². The molecule has 8 heteroatoms. The van der Waals surface area contributed by atoms with Crippen molar-refractivity contribution in [3.8, 4) is 0 Å². The highest BCUT2D eigenvalue weighted by Crippen LogP contribution is 2.28. The summed E-state index contributed by atoms with van der Waals surface area (Å²) in [5, 5.41) is 9.48. The van der Waals surface area contributed by atoms with Gasteiger partial charge < -0.3 is 5.11 Å². The average Bonchev–Trinajstić information content (AvgIpc) is 2.79. The van der Waals surface area contributed by atoms with Gasteiger partial charge in [-0.15, -0.1) is 0 Å². The van der Waals surface area contributed by atoms with Crippen LogP contribution in [0, 0.1) is 6.92 Å². The Morgan fingerprint density at radius 2 is 2.10 bits per heavy atom. The van der Waals surface area contributed by atoms with E-state index in [0.29, 0.717) is 15.3 Å². The Labute approximate surface area is 127 Å². The van der Waals surface area contributed by atoms with Crippen molar-refractivity contribution in [2.75, 3.05) is 11.9 Å². The van der Waals surface area contributed by atoms with Gasteiger partial charge in [0.1, 0.15) is 20.9 Å². The molecule has 0 radical (unpaired) electrons. The maximum atomic E-state index is 12.3. The van der Waals surface area contributed by atoms with Gasteiger partial charge in [-0.1, -0.05) is 6.07 Å². The number of pyridine rings is 1. The number of hydrogen-bond donors (Lipinski definition) is 1. The summed E-state index contributed by atoms with van der Waals surface area (Å²) in [7, 11) is 1.50. The Kier molecular flexibility index (Phi) is 4.15. The van der Waals surface area contributed by atoms with Crippen LogP contribution in [0.3, 0.4) is 0 Å². The Bertz CT molecular complexity index is 686. The summed E-state index contributed by atoms with van der Waals surface area (Å²) >= 11 is 4.17. The van der Waals surface area contributed by atoms with Crippen molar-refractivity contribution in [3.05, 3.63) is 39.8 Å². The van der Waals surface area contributed by atoms with Crippen LogP contribution in [0.2, 0.25) is 0 Å². The largest absolute Gasteiger partial charge is 0.478 e. The highest BCUT2D eigenvalue weighted by molar-refractivity contribution is 9.10. The zero-order chi connectivity index (χ0) is 14.9. The first-order chi connectivity index (χ1) is 9.41. The number of halogens is 1. The van der Waals surface area contributed by atoms with Crippen LogP contribution in [0.5, 0.6) is 0 Å². The second kappa shape index (κ2) is 5.68. The molecule has 104 valence electrons. The first-order valence-corrected chi connectivity index (χ1v) is 7.08. The van der Waals surface area contributed by atoms with Crippen LogP contribution >= 0.6 is 27.5 Å². The van der Waals surface area contributed by atoms with Crippen LogP contribution in [-0.4, -0.2) is 33.4 Å². The van der Waals surface area contributed by atoms with Crippen molar-refractivity contribution in [1.29, 1.82) is 0 Å². The lowest BCUT2D eigenvalue weighted by molar-refractivity contribution is 0.0697. The van der Waals surface area contributed by atoms with Crippen LogP contribution in [0.15, 0.2) is 22.8 Å². The van der Waals surface area contributed by atoms with E-state index in [4.69, 9.17) is 0 Å². The molecule has 6 nitrogen and oxygen atoms in total. The summed E-state index contributed by atoms with van der Waals surface area (Å²) in [6.07, 6.45) is 0. The molecule has 2 heterocycles. The fourth-order valence-electron chi connectivity index (χ4n) is 1.62. The number of anilines is 1. The van der Waals surface area contributed by atoms with E-state index in [0.717, 1.165) is 11.5 Å². The third-order valence-corrected chi connectivity index (χ3v) is 4.06. The summed E-state index contributed by atoms with van der Waals surface area (Å²) in [6, 6.07) is 4.96. The Morgan fingerprint density at radius 3 is 2.70 bits per heavy atom. The first kappa shape index (κ1) is 14.6. The molecule has 0 saturated carbocycles. The van der Waals surface area contributed by atoms with Gasteiger partial charge in [0, 0.05) is 7.05 Å². The Morgan fingerprint density at radius 1 is 1.40 bits per heavy atom. The molecule has 1 amide bonds. The monoisotopic (exact) mass is 355 g/mol. The Hall–Kier alpha value is -1.80.